The summed E-state index contributed by atoms with van der Waals surface area (Å²) < 4.78 is 0. The van der Waals surface area contributed by atoms with Gasteiger partial charge in [0.05, 0.1) is 0 Å². The Balaban J connectivity index is 1.68. The summed E-state index contributed by atoms with van der Waals surface area (Å²) in [7, 11) is 0. The van der Waals surface area contributed by atoms with Crippen LogP contribution in [-0.2, 0) is 6.54 Å². The van der Waals surface area contributed by atoms with Crippen LogP contribution in [0.3, 0.4) is 0 Å². The molecule has 2 fully saturated rings. The Morgan fingerprint density at radius 2 is 2.11 bits per heavy atom. The van der Waals surface area contributed by atoms with Crippen LogP contribution in [-0.4, -0.2) is 47.1 Å². The average molecular weight is 261 g/mol. The monoisotopic (exact) mass is 261 g/mol. The van der Waals surface area contributed by atoms with E-state index in [2.05, 4.69) is 19.8 Å². The van der Waals surface area contributed by atoms with E-state index < -0.39 is 0 Å². The van der Waals surface area contributed by atoms with Crippen LogP contribution in [0.1, 0.15) is 30.5 Å². The minimum atomic E-state index is 0.516. The molecule has 19 heavy (non-hydrogen) atoms. The molecule has 5 heteroatoms. The number of likely N-dealkylation sites (tertiary alicyclic amines) is 1. The van der Waals surface area contributed by atoms with Crippen LogP contribution >= 0.6 is 0 Å². The van der Waals surface area contributed by atoms with Crippen molar-refractivity contribution in [2.45, 2.75) is 38.8 Å². The Morgan fingerprint density at radius 1 is 1.32 bits per heavy atom. The van der Waals surface area contributed by atoms with E-state index >= 15 is 0 Å². The summed E-state index contributed by atoms with van der Waals surface area (Å²) >= 11 is 0. The van der Waals surface area contributed by atoms with Crippen LogP contribution in [0, 0.1) is 6.92 Å². The maximum atomic E-state index is 5.66. The molecule has 2 aliphatic heterocycles. The molecule has 0 amide bonds. The predicted molar refractivity (Wildman–Crippen MR) is 76.1 cm³/mol. The lowest BCUT2D eigenvalue weighted by atomic mass is 10.2. The lowest BCUT2D eigenvalue weighted by Gasteiger charge is -2.23. The second-order valence-corrected chi connectivity index (χ2v) is 5.62. The second-order valence-electron chi connectivity index (χ2n) is 5.62. The zero-order chi connectivity index (χ0) is 13.2. The van der Waals surface area contributed by atoms with Gasteiger partial charge in [0.15, 0.2) is 0 Å². The molecule has 0 bridgehead atoms. The van der Waals surface area contributed by atoms with Crippen molar-refractivity contribution >= 4 is 5.95 Å². The number of hydrogen-bond acceptors (Lipinski definition) is 5. The van der Waals surface area contributed by atoms with E-state index in [0.717, 1.165) is 30.3 Å². The third-order valence-corrected chi connectivity index (χ3v) is 4.39. The van der Waals surface area contributed by atoms with Crippen molar-refractivity contribution in [3.05, 3.63) is 17.5 Å². The molecule has 5 nitrogen and oxygen atoms in total. The fourth-order valence-corrected chi connectivity index (χ4v) is 3.16. The topological polar surface area (TPSA) is 58.3 Å². The molecule has 3 rings (SSSR count). The number of aryl methyl sites for hydroxylation is 1. The number of hydrogen-bond donors (Lipinski definition) is 1. The Kier molecular flexibility index (Phi) is 3.66. The van der Waals surface area contributed by atoms with Gasteiger partial charge in [0.1, 0.15) is 0 Å². The van der Waals surface area contributed by atoms with E-state index in [1.807, 2.05) is 13.1 Å². The SMILES string of the molecule is Cc1nc(N2CCC(N3CCCC3)C2)ncc1CN. The largest absolute Gasteiger partial charge is 0.339 e. The minimum Gasteiger partial charge on any atom is -0.339 e. The first-order chi connectivity index (χ1) is 9.28. The standard InChI is InChI=1S/C14H23N5/c1-11-12(8-15)9-16-14(17-11)19-7-4-13(10-19)18-5-2-3-6-18/h9,13H,2-8,10,15H2,1H3. The van der Waals surface area contributed by atoms with E-state index in [-0.39, 0.29) is 0 Å². The van der Waals surface area contributed by atoms with Crippen molar-refractivity contribution in [3.63, 3.8) is 0 Å². The fourth-order valence-electron chi connectivity index (χ4n) is 3.16. The van der Waals surface area contributed by atoms with E-state index in [4.69, 9.17) is 5.73 Å². The molecule has 1 aromatic rings. The number of anilines is 1. The molecule has 0 spiro atoms. The maximum absolute atomic E-state index is 5.66. The number of rotatable bonds is 3. The van der Waals surface area contributed by atoms with Crippen molar-refractivity contribution < 1.29 is 0 Å². The number of nitrogens with two attached hydrogens (primary N) is 1. The molecular weight excluding hydrogens is 238 g/mol. The first kappa shape index (κ1) is 12.8. The maximum Gasteiger partial charge on any atom is 0.225 e. The highest BCUT2D eigenvalue weighted by atomic mass is 15.3. The molecule has 2 N–H and O–H groups in total. The highest BCUT2D eigenvalue weighted by molar-refractivity contribution is 5.34. The zero-order valence-corrected chi connectivity index (χ0v) is 11.7. The molecule has 0 aliphatic carbocycles. The van der Waals surface area contributed by atoms with Gasteiger partial charge >= 0.3 is 0 Å². The van der Waals surface area contributed by atoms with Crippen molar-refractivity contribution in [1.82, 2.24) is 14.9 Å². The van der Waals surface area contributed by atoms with Crippen LogP contribution in [0.25, 0.3) is 0 Å². The third-order valence-electron chi connectivity index (χ3n) is 4.39. The van der Waals surface area contributed by atoms with E-state index in [0.29, 0.717) is 12.6 Å². The van der Waals surface area contributed by atoms with Gasteiger partial charge in [0, 0.05) is 43.1 Å². The first-order valence-electron chi connectivity index (χ1n) is 7.29. The van der Waals surface area contributed by atoms with Crippen LogP contribution in [0.5, 0.6) is 0 Å². The Hall–Kier alpha value is -1.20. The molecule has 1 unspecified atom stereocenters. The number of aromatic nitrogens is 2. The van der Waals surface area contributed by atoms with Crippen molar-refractivity contribution in [2.24, 2.45) is 5.73 Å². The van der Waals surface area contributed by atoms with Crippen LogP contribution in [0.2, 0.25) is 0 Å². The summed E-state index contributed by atoms with van der Waals surface area (Å²) in [6.45, 7) is 7.21. The predicted octanol–water partition coefficient (Wildman–Crippen LogP) is 0.918. The molecule has 104 valence electrons. The third kappa shape index (κ3) is 2.58. The highest BCUT2D eigenvalue weighted by Crippen LogP contribution is 2.23. The zero-order valence-electron chi connectivity index (χ0n) is 11.7. The summed E-state index contributed by atoms with van der Waals surface area (Å²) in [4.78, 5) is 14.0. The molecule has 0 radical (unpaired) electrons. The molecule has 1 atom stereocenters. The summed E-state index contributed by atoms with van der Waals surface area (Å²) in [6, 6.07) is 0.695. The first-order valence-corrected chi connectivity index (χ1v) is 7.29. The molecular formula is C14H23N5. The van der Waals surface area contributed by atoms with Gasteiger partial charge in [-0.15, -0.1) is 0 Å². The van der Waals surface area contributed by atoms with Gasteiger partial charge in [0.2, 0.25) is 5.95 Å². The lowest BCUT2D eigenvalue weighted by Crippen LogP contribution is -2.35. The molecule has 2 saturated heterocycles. The fraction of sp³-hybridized carbons (Fsp3) is 0.714. The highest BCUT2D eigenvalue weighted by Gasteiger charge is 2.30. The molecule has 2 aliphatic rings. The van der Waals surface area contributed by atoms with Gasteiger partial charge < -0.3 is 10.6 Å². The smallest absolute Gasteiger partial charge is 0.225 e. The summed E-state index contributed by atoms with van der Waals surface area (Å²) in [5, 5.41) is 0. The molecule has 3 heterocycles. The van der Waals surface area contributed by atoms with Gasteiger partial charge in [0.25, 0.3) is 0 Å². The van der Waals surface area contributed by atoms with Crippen LogP contribution < -0.4 is 10.6 Å². The minimum absolute atomic E-state index is 0.516. The Labute approximate surface area is 114 Å². The van der Waals surface area contributed by atoms with Crippen LogP contribution in [0.4, 0.5) is 5.95 Å². The van der Waals surface area contributed by atoms with Crippen molar-refractivity contribution in [2.75, 3.05) is 31.1 Å². The average Bonchev–Trinajstić information content (AvgIpc) is 3.09. The Morgan fingerprint density at radius 3 is 2.79 bits per heavy atom. The van der Waals surface area contributed by atoms with E-state index in [9.17, 15) is 0 Å². The normalized spacial score (nSPS) is 24.3. The quantitative estimate of drug-likeness (QED) is 0.877. The van der Waals surface area contributed by atoms with Gasteiger partial charge in [-0.1, -0.05) is 0 Å². The summed E-state index contributed by atoms with van der Waals surface area (Å²) in [6.07, 6.45) is 5.83. The molecule has 0 saturated carbocycles. The van der Waals surface area contributed by atoms with Gasteiger partial charge in [-0.2, -0.15) is 0 Å². The summed E-state index contributed by atoms with van der Waals surface area (Å²) in [5.41, 5.74) is 7.71. The number of nitrogens with zero attached hydrogens (tertiary/aromatic N) is 4. The second kappa shape index (κ2) is 5.43. The van der Waals surface area contributed by atoms with Gasteiger partial charge in [-0.25, -0.2) is 9.97 Å². The van der Waals surface area contributed by atoms with Crippen LogP contribution in [0.15, 0.2) is 6.20 Å². The van der Waals surface area contributed by atoms with E-state index in [1.54, 1.807) is 0 Å². The molecule has 0 aromatic carbocycles. The van der Waals surface area contributed by atoms with Gasteiger partial charge in [-0.05, 0) is 39.3 Å². The van der Waals surface area contributed by atoms with Gasteiger partial charge in [-0.3, -0.25) is 4.90 Å². The van der Waals surface area contributed by atoms with E-state index in [1.165, 1.54) is 32.4 Å². The lowest BCUT2D eigenvalue weighted by molar-refractivity contribution is 0.260. The Bertz CT molecular complexity index is 441. The van der Waals surface area contributed by atoms with Crippen molar-refractivity contribution in [3.8, 4) is 0 Å². The molecule has 1 aromatic heterocycles. The summed E-state index contributed by atoms with van der Waals surface area (Å²) in [5.74, 6) is 0.872. The van der Waals surface area contributed by atoms with Crippen molar-refractivity contribution in [1.29, 1.82) is 0 Å².